The van der Waals surface area contributed by atoms with Gasteiger partial charge in [0.05, 0.1) is 33.5 Å². The van der Waals surface area contributed by atoms with Crippen molar-refractivity contribution in [2.75, 3.05) is 0 Å². The Morgan fingerprint density at radius 1 is 0.275 bits per heavy atom. The molecule has 3 aromatic heterocycles. The number of fused-ring (bicyclic) bond motifs is 8. The Morgan fingerprint density at radius 2 is 0.696 bits per heavy atom. The zero-order valence-corrected chi connectivity index (χ0v) is 37.4. The Balaban J connectivity index is 0.836. The Bertz CT molecular complexity index is 4300. The molecule has 11 aromatic carbocycles. The molecule has 0 bridgehead atoms. The van der Waals surface area contributed by atoms with Gasteiger partial charge in [0.1, 0.15) is 5.82 Å². The highest BCUT2D eigenvalue weighted by Crippen LogP contribution is 2.44. The van der Waals surface area contributed by atoms with Crippen LogP contribution in [0.2, 0.25) is 0 Å². The summed E-state index contributed by atoms with van der Waals surface area (Å²) in [5.41, 5.74) is 14.7. The second-order valence-corrected chi connectivity index (χ2v) is 18.0. The molecular formula is C65H40N4. The van der Waals surface area contributed by atoms with Crippen molar-refractivity contribution in [3.8, 4) is 61.8 Å². The molecule has 14 aromatic rings. The quantitative estimate of drug-likeness (QED) is 0.123. The number of para-hydroxylation sites is 2. The Kier molecular flexibility index (Phi) is 8.86. The summed E-state index contributed by atoms with van der Waals surface area (Å²) < 4.78 is 2.28. The minimum Gasteiger partial charge on any atom is -0.292 e. The van der Waals surface area contributed by atoms with E-state index in [1.54, 1.807) is 0 Å². The summed E-state index contributed by atoms with van der Waals surface area (Å²) >= 11 is 0. The highest BCUT2D eigenvalue weighted by molar-refractivity contribution is 6.21. The topological polar surface area (TPSA) is 43.6 Å². The van der Waals surface area contributed by atoms with Crippen LogP contribution in [0.1, 0.15) is 0 Å². The fourth-order valence-corrected chi connectivity index (χ4v) is 10.6. The lowest BCUT2D eigenvalue weighted by atomic mass is 9.85. The van der Waals surface area contributed by atoms with Crippen LogP contribution in [-0.4, -0.2) is 19.5 Å². The van der Waals surface area contributed by atoms with E-state index in [0.29, 0.717) is 0 Å². The lowest BCUT2D eigenvalue weighted by molar-refractivity contribution is 1.10. The molecule has 0 saturated heterocycles. The molecule has 4 nitrogen and oxygen atoms in total. The second kappa shape index (κ2) is 15.7. The Morgan fingerprint density at radius 3 is 1.30 bits per heavy atom. The van der Waals surface area contributed by atoms with Gasteiger partial charge in [0.25, 0.3) is 0 Å². The number of imidazole rings is 1. The molecule has 0 N–H and O–H groups in total. The summed E-state index contributed by atoms with van der Waals surface area (Å²) in [7, 11) is 0. The molecule has 14 rings (SSSR count). The molecule has 0 aliphatic rings. The van der Waals surface area contributed by atoms with Gasteiger partial charge in [-0.15, -0.1) is 0 Å². The van der Waals surface area contributed by atoms with Crippen LogP contribution in [0.3, 0.4) is 0 Å². The van der Waals surface area contributed by atoms with Crippen molar-refractivity contribution in [2.24, 2.45) is 0 Å². The molecule has 0 aliphatic heterocycles. The predicted molar refractivity (Wildman–Crippen MR) is 289 cm³/mol. The van der Waals surface area contributed by atoms with Crippen LogP contribution >= 0.6 is 0 Å². The number of pyridine rings is 2. The van der Waals surface area contributed by atoms with Crippen molar-refractivity contribution in [2.45, 2.75) is 0 Å². The molecule has 0 aliphatic carbocycles. The van der Waals surface area contributed by atoms with Gasteiger partial charge in [-0.3, -0.25) is 4.57 Å². The third kappa shape index (κ3) is 6.49. The van der Waals surface area contributed by atoms with Crippen molar-refractivity contribution in [3.63, 3.8) is 0 Å². The van der Waals surface area contributed by atoms with Crippen molar-refractivity contribution < 1.29 is 0 Å². The molecule has 3 heterocycles. The van der Waals surface area contributed by atoms with Crippen molar-refractivity contribution in [3.05, 3.63) is 243 Å². The van der Waals surface area contributed by atoms with E-state index in [9.17, 15) is 0 Å². The van der Waals surface area contributed by atoms with E-state index in [1.807, 2.05) is 0 Å². The van der Waals surface area contributed by atoms with E-state index >= 15 is 0 Å². The maximum absolute atomic E-state index is 5.28. The monoisotopic (exact) mass is 876 g/mol. The first-order valence-corrected chi connectivity index (χ1v) is 23.5. The number of nitrogens with zero attached hydrogens (tertiary/aromatic N) is 4. The maximum Gasteiger partial charge on any atom is 0.145 e. The molecule has 4 heteroatoms. The van der Waals surface area contributed by atoms with E-state index in [-0.39, 0.29) is 0 Å². The van der Waals surface area contributed by atoms with Crippen LogP contribution in [0, 0.1) is 0 Å². The van der Waals surface area contributed by atoms with Gasteiger partial charge in [0, 0.05) is 33.2 Å². The van der Waals surface area contributed by atoms with Crippen LogP contribution in [0.25, 0.3) is 138 Å². The van der Waals surface area contributed by atoms with Crippen LogP contribution in [0.5, 0.6) is 0 Å². The first-order chi connectivity index (χ1) is 34.2. The van der Waals surface area contributed by atoms with Gasteiger partial charge in [-0.1, -0.05) is 194 Å². The summed E-state index contributed by atoms with van der Waals surface area (Å²) in [6.07, 6.45) is 0. The molecular weight excluding hydrogens is 837 g/mol. The van der Waals surface area contributed by atoms with Gasteiger partial charge < -0.3 is 0 Å². The van der Waals surface area contributed by atoms with Gasteiger partial charge in [-0.2, -0.15) is 0 Å². The fourth-order valence-electron chi connectivity index (χ4n) is 10.6. The third-order valence-electron chi connectivity index (χ3n) is 13.9. The van der Waals surface area contributed by atoms with E-state index in [1.165, 1.54) is 65.3 Å². The average Bonchev–Trinajstić information content (AvgIpc) is 3.81. The standard InChI is InChI=1S/C65H40N4/c1-3-13-48-39-50(29-21-41(48)11-1)58-38-34-46-26-25-45-33-37-57(66-63(45)64(46)67-58)43-23-27-47(28-24-43)65-68-59-19-9-10-20-60(59)69(65)52-35-31-44(32-36-52)61-53-15-5-7-17-55(53)62(56-18-8-6-16-54(56)61)51-30-22-42-12-2-4-14-49(42)40-51/h1-40H. The van der Waals surface area contributed by atoms with Crippen LogP contribution in [0.4, 0.5) is 0 Å². The van der Waals surface area contributed by atoms with Crippen molar-refractivity contribution in [1.82, 2.24) is 19.5 Å². The predicted octanol–water partition coefficient (Wildman–Crippen LogP) is 17.1. The molecule has 0 fully saturated rings. The van der Waals surface area contributed by atoms with Crippen LogP contribution < -0.4 is 0 Å². The van der Waals surface area contributed by atoms with Gasteiger partial charge in [-0.25, -0.2) is 15.0 Å². The van der Waals surface area contributed by atoms with Gasteiger partial charge in [-0.05, 0) is 114 Å². The molecule has 0 saturated carbocycles. The summed E-state index contributed by atoms with van der Waals surface area (Å²) in [6.45, 7) is 0. The minimum absolute atomic E-state index is 0.883. The van der Waals surface area contributed by atoms with Gasteiger partial charge >= 0.3 is 0 Å². The average molecular weight is 877 g/mol. The number of benzene rings is 11. The number of rotatable bonds is 6. The molecule has 69 heavy (non-hydrogen) atoms. The fraction of sp³-hybridized carbons (Fsp3) is 0. The zero-order valence-electron chi connectivity index (χ0n) is 37.4. The van der Waals surface area contributed by atoms with Crippen LogP contribution in [-0.2, 0) is 0 Å². The molecule has 0 radical (unpaired) electrons. The molecule has 0 spiro atoms. The normalized spacial score (nSPS) is 11.8. The molecule has 0 amide bonds. The highest BCUT2D eigenvalue weighted by Gasteiger charge is 2.19. The minimum atomic E-state index is 0.883. The first-order valence-electron chi connectivity index (χ1n) is 23.5. The van der Waals surface area contributed by atoms with Gasteiger partial charge in [0.2, 0.25) is 0 Å². The summed E-state index contributed by atoms with van der Waals surface area (Å²) in [5.74, 6) is 0.883. The Labute approximate surface area is 398 Å². The molecule has 0 atom stereocenters. The van der Waals surface area contributed by atoms with E-state index in [2.05, 4.69) is 247 Å². The summed E-state index contributed by atoms with van der Waals surface area (Å²) in [6, 6.07) is 87.1. The van der Waals surface area contributed by atoms with E-state index < -0.39 is 0 Å². The molecule has 320 valence electrons. The lowest BCUT2D eigenvalue weighted by Gasteiger charge is -2.18. The van der Waals surface area contributed by atoms with Crippen molar-refractivity contribution >= 4 is 75.9 Å². The summed E-state index contributed by atoms with van der Waals surface area (Å²) in [5, 5.41) is 12.0. The smallest absolute Gasteiger partial charge is 0.145 e. The van der Waals surface area contributed by atoms with Gasteiger partial charge in [0.15, 0.2) is 0 Å². The SMILES string of the molecule is c1ccc2cc(-c3ccc4ccc5ccc(-c6ccc(-c7nc8ccccc8n7-c7ccc(-c8c9ccccc9c(-c9ccc%10ccccc%10c9)c9ccccc89)cc7)cc6)nc5c4n3)ccc2c1. The number of hydrogen-bond acceptors (Lipinski definition) is 3. The Hall–Kier alpha value is -9.25. The first kappa shape index (κ1) is 39.0. The number of hydrogen-bond donors (Lipinski definition) is 0. The highest BCUT2D eigenvalue weighted by atomic mass is 15.1. The summed E-state index contributed by atoms with van der Waals surface area (Å²) in [4.78, 5) is 15.8. The largest absolute Gasteiger partial charge is 0.292 e. The van der Waals surface area contributed by atoms with Crippen LogP contribution in [0.15, 0.2) is 243 Å². The van der Waals surface area contributed by atoms with Crippen molar-refractivity contribution in [1.29, 1.82) is 0 Å². The maximum atomic E-state index is 5.28. The molecule has 0 unspecified atom stereocenters. The lowest BCUT2D eigenvalue weighted by Crippen LogP contribution is -1.98. The number of aromatic nitrogens is 4. The second-order valence-electron chi connectivity index (χ2n) is 18.0. The van der Waals surface area contributed by atoms with E-state index in [4.69, 9.17) is 15.0 Å². The zero-order chi connectivity index (χ0) is 45.4. The van der Waals surface area contributed by atoms with E-state index in [0.717, 1.165) is 72.4 Å². The third-order valence-corrected chi connectivity index (χ3v) is 13.9.